The smallest absolute Gasteiger partial charge is 0.310 e. The van der Waals surface area contributed by atoms with E-state index in [-0.39, 0.29) is 18.8 Å². The lowest BCUT2D eigenvalue weighted by atomic mass is 10.0. The zero-order valence-corrected chi connectivity index (χ0v) is 16.3. The standard InChI is InChI=1S/C22H22O6/c1-13-5-7-17-15(11-28-22(17)14(13)2)9-21(24)27-12-19(23)18-10-16(25-3)6-8-20(18)26-4/h5-8,10-11H,9,12H2,1-4H3. The van der Waals surface area contributed by atoms with Gasteiger partial charge in [-0.15, -0.1) is 0 Å². The molecule has 0 radical (unpaired) electrons. The Kier molecular flexibility index (Phi) is 5.68. The highest BCUT2D eigenvalue weighted by Crippen LogP contribution is 2.27. The van der Waals surface area contributed by atoms with E-state index < -0.39 is 5.97 Å². The minimum atomic E-state index is -0.504. The Bertz CT molecular complexity index is 1030. The van der Waals surface area contributed by atoms with Gasteiger partial charge in [-0.05, 0) is 43.2 Å². The number of furan rings is 1. The van der Waals surface area contributed by atoms with Gasteiger partial charge in [-0.1, -0.05) is 12.1 Å². The third-order valence-electron chi connectivity index (χ3n) is 4.75. The van der Waals surface area contributed by atoms with E-state index in [4.69, 9.17) is 18.6 Å². The molecule has 0 aliphatic rings. The second-order valence-corrected chi connectivity index (χ2v) is 6.47. The van der Waals surface area contributed by atoms with Gasteiger partial charge >= 0.3 is 5.97 Å². The maximum atomic E-state index is 12.5. The number of methoxy groups -OCH3 is 2. The van der Waals surface area contributed by atoms with E-state index in [2.05, 4.69) is 0 Å². The highest BCUT2D eigenvalue weighted by atomic mass is 16.5. The molecule has 0 spiro atoms. The number of benzene rings is 2. The number of Topliss-reactive ketones (excluding diaryl/α,β-unsaturated/α-hetero) is 1. The van der Waals surface area contributed by atoms with E-state index >= 15 is 0 Å². The molecular formula is C22H22O6. The SMILES string of the molecule is COc1ccc(OC)c(C(=O)COC(=O)Cc2coc3c(C)c(C)ccc23)c1. The van der Waals surface area contributed by atoms with Crippen molar-refractivity contribution in [2.75, 3.05) is 20.8 Å². The van der Waals surface area contributed by atoms with Crippen molar-refractivity contribution in [1.82, 2.24) is 0 Å². The molecule has 0 atom stereocenters. The van der Waals surface area contributed by atoms with Crippen molar-refractivity contribution in [3.8, 4) is 11.5 Å². The van der Waals surface area contributed by atoms with Crippen molar-refractivity contribution in [1.29, 1.82) is 0 Å². The number of carbonyl (C=O) groups excluding carboxylic acids is 2. The van der Waals surface area contributed by atoms with Gasteiger partial charge in [-0.2, -0.15) is 0 Å². The molecule has 3 aromatic rings. The van der Waals surface area contributed by atoms with E-state index in [1.807, 2.05) is 26.0 Å². The molecule has 0 unspecified atom stereocenters. The van der Waals surface area contributed by atoms with Crippen molar-refractivity contribution in [3.05, 3.63) is 58.8 Å². The second kappa shape index (κ2) is 8.17. The number of hydrogen-bond acceptors (Lipinski definition) is 6. The molecule has 0 fully saturated rings. The fourth-order valence-electron chi connectivity index (χ4n) is 2.99. The molecule has 0 saturated carbocycles. The van der Waals surface area contributed by atoms with Crippen LogP contribution in [0.4, 0.5) is 0 Å². The maximum absolute atomic E-state index is 12.5. The Hall–Kier alpha value is -3.28. The number of fused-ring (bicyclic) bond motifs is 1. The van der Waals surface area contributed by atoms with Gasteiger partial charge < -0.3 is 18.6 Å². The van der Waals surface area contributed by atoms with Gasteiger partial charge in [-0.25, -0.2) is 0 Å². The predicted molar refractivity (Wildman–Crippen MR) is 104 cm³/mol. The molecule has 0 aliphatic heterocycles. The molecule has 6 heteroatoms. The lowest BCUT2D eigenvalue weighted by molar-refractivity contribution is -0.141. The van der Waals surface area contributed by atoms with Crippen LogP contribution in [0.1, 0.15) is 27.0 Å². The normalized spacial score (nSPS) is 10.7. The molecule has 6 nitrogen and oxygen atoms in total. The monoisotopic (exact) mass is 382 g/mol. The number of esters is 1. The molecule has 1 heterocycles. The molecule has 0 amide bonds. The van der Waals surface area contributed by atoms with Crippen molar-refractivity contribution >= 4 is 22.7 Å². The van der Waals surface area contributed by atoms with Crippen LogP contribution < -0.4 is 9.47 Å². The third-order valence-corrected chi connectivity index (χ3v) is 4.75. The summed E-state index contributed by atoms with van der Waals surface area (Å²) >= 11 is 0. The van der Waals surface area contributed by atoms with Crippen LogP contribution in [0.2, 0.25) is 0 Å². The van der Waals surface area contributed by atoms with E-state index in [0.29, 0.717) is 17.1 Å². The first-order valence-corrected chi connectivity index (χ1v) is 8.81. The highest BCUT2D eigenvalue weighted by molar-refractivity contribution is 6.01. The van der Waals surface area contributed by atoms with Crippen molar-refractivity contribution in [3.63, 3.8) is 0 Å². The van der Waals surface area contributed by atoms with Crippen LogP contribution in [0.25, 0.3) is 11.0 Å². The summed E-state index contributed by atoms with van der Waals surface area (Å²) in [5, 5.41) is 0.876. The molecule has 0 N–H and O–H groups in total. The summed E-state index contributed by atoms with van der Waals surface area (Å²) < 4.78 is 21.1. The van der Waals surface area contributed by atoms with Gasteiger partial charge in [0.25, 0.3) is 0 Å². The lowest BCUT2D eigenvalue weighted by Gasteiger charge is -2.10. The van der Waals surface area contributed by atoms with Gasteiger partial charge in [0, 0.05) is 10.9 Å². The van der Waals surface area contributed by atoms with Crippen LogP contribution >= 0.6 is 0 Å². The first-order valence-electron chi connectivity index (χ1n) is 8.81. The van der Waals surface area contributed by atoms with Crippen LogP contribution in [0.3, 0.4) is 0 Å². The zero-order chi connectivity index (χ0) is 20.3. The van der Waals surface area contributed by atoms with Gasteiger partial charge in [-0.3, -0.25) is 9.59 Å². The maximum Gasteiger partial charge on any atom is 0.310 e. The molecule has 3 rings (SSSR count). The van der Waals surface area contributed by atoms with E-state index in [9.17, 15) is 9.59 Å². The van der Waals surface area contributed by atoms with Gasteiger partial charge in [0.2, 0.25) is 5.78 Å². The van der Waals surface area contributed by atoms with Crippen LogP contribution in [0.5, 0.6) is 11.5 Å². The summed E-state index contributed by atoms with van der Waals surface area (Å²) in [4.78, 5) is 24.7. The molecule has 0 saturated heterocycles. The third kappa shape index (κ3) is 3.86. The fourth-order valence-corrected chi connectivity index (χ4v) is 2.99. The molecule has 28 heavy (non-hydrogen) atoms. The first-order chi connectivity index (χ1) is 13.4. The van der Waals surface area contributed by atoms with Crippen molar-refractivity contribution in [2.45, 2.75) is 20.3 Å². The number of rotatable bonds is 7. The largest absolute Gasteiger partial charge is 0.497 e. The van der Waals surface area contributed by atoms with Crippen LogP contribution in [0, 0.1) is 13.8 Å². The number of ketones is 1. The van der Waals surface area contributed by atoms with Crippen molar-refractivity contribution in [2.24, 2.45) is 0 Å². The Morgan fingerprint density at radius 2 is 1.82 bits per heavy atom. The summed E-state index contributed by atoms with van der Waals surface area (Å²) in [6.07, 6.45) is 1.59. The van der Waals surface area contributed by atoms with Gasteiger partial charge in [0.15, 0.2) is 6.61 Å². The molecule has 2 aromatic carbocycles. The van der Waals surface area contributed by atoms with E-state index in [1.165, 1.54) is 14.2 Å². The summed E-state index contributed by atoms with van der Waals surface area (Å²) in [7, 11) is 2.98. The number of carbonyl (C=O) groups is 2. The Morgan fingerprint density at radius 1 is 1.04 bits per heavy atom. The molecular weight excluding hydrogens is 360 g/mol. The summed E-state index contributed by atoms with van der Waals surface area (Å²) in [5.74, 6) is 0.0447. The average Bonchev–Trinajstić information content (AvgIpc) is 3.11. The summed E-state index contributed by atoms with van der Waals surface area (Å²) in [6, 6.07) is 8.80. The Balaban J connectivity index is 1.68. The summed E-state index contributed by atoms with van der Waals surface area (Å²) in [6.45, 7) is 3.60. The second-order valence-electron chi connectivity index (χ2n) is 6.47. The lowest BCUT2D eigenvalue weighted by Crippen LogP contribution is -2.16. The van der Waals surface area contributed by atoms with Crippen molar-refractivity contribution < 1.29 is 28.2 Å². The fraction of sp³-hybridized carbons (Fsp3) is 0.273. The minimum absolute atomic E-state index is 0.0258. The zero-order valence-electron chi connectivity index (χ0n) is 16.3. The van der Waals surface area contributed by atoms with Crippen LogP contribution in [-0.2, 0) is 16.0 Å². The highest BCUT2D eigenvalue weighted by Gasteiger charge is 2.18. The number of ether oxygens (including phenoxy) is 3. The van der Waals surface area contributed by atoms with E-state index in [0.717, 1.165) is 27.7 Å². The number of hydrogen-bond donors (Lipinski definition) is 0. The Labute approximate surface area is 163 Å². The quantitative estimate of drug-likeness (QED) is 0.454. The van der Waals surface area contributed by atoms with Gasteiger partial charge in [0.05, 0.1) is 32.5 Å². The molecule has 146 valence electrons. The predicted octanol–water partition coefficient (Wildman–Crippen LogP) is 4.04. The molecule has 0 bridgehead atoms. The topological polar surface area (TPSA) is 75.0 Å². The average molecular weight is 382 g/mol. The van der Waals surface area contributed by atoms with Gasteiger partial charge in [0.1, 0.15) is 17.1 Å². The first kappa shape index (κ1) is 19.5. The van der Waals surface area contributed by atoms with Crippen LogP contribution in [0.15, 0.2) is 41.0 Å². The molecule has 1 aromatic heterocycles. The number of aryl methyl sites for hydroxylation is 2. The summed E-state index contributed by atoms with van der Waals surface area (Å²) in [5.41, 5.74) is 3.95. The van der Waals surface area contributed by atoms with Crippen LogP contribution in [-0.4, -0.2) is 32.6 Å². The Morgan fingerprint density at radius 3 is 2.54 bits per heavy atom. The molecule has 0 aliphatic carbocycles. The van der Waals surface area contributed by atoms with E-state index in [1.54, 1.807) is 24.5 Å². The minimum Gasteiger partial charge on any atom is -0.497 e.